The summed E-state index contributed by atoms with van der Waals surface area (Å²) in [5, 5.41) is 4.41. The Balaban J connectivity index is 2.13. The van der Waals surface area contributed by atoms with Gasteiger partial charge in [0.15, 0.2) is 0 Å². The van der Waals surface area contributed by atoms with Crippen molar-refractivity contribution in [2.75, 3.05) is 11.6 Å². The molecule has 2 rings (SSSR count). The van der Waals surface area contributed by atoms with Crippen LogP contribution in [0.25, 0.3) is 0 Å². The van der Waals surface area contributed by atoms with Crippen LogP contribution in [0.3, 0.4) is 0 Å². The Morgan fingerprint density at radius 1 is 1.21 bits per heavy atom. The van der Waals surface area contributed by atoms with Crippen LogP contribution in [0.5, 0.6) is 0 Å². The predicted octanol–water partition coefficient (Wildman–Crippen LogP) is 4.36. The van der Waals surface area contributed by atoms with Crippen LogP contribution in [0.1, 0.15) is 10.4 Å². The summed E-state index contributed by atoms with van der Waals surface area (Å²) in [7, 11) is 0. The van der Waals surface area contributed by atoms with Crippen molar-refractivity contribution in [3.8, 4) is 0 Å². The van der Waals surface area contributed by atoms with E-state index in [2.05, 4.69) is 10.3 Å². The Morgan fingerprint density at radius 2 is 2.00 bits per heavy atom. The molecule has 1 heterocycles. The zero-order valence-corrected chi connectivity index (χ0v) is 12.3. The number of thioether (sulfide) groups is 1. The number of halogens is 2. The maximum absolute atomic E-state index is 12.0. The number of rotatable bonds is 3. The lowest BCUT2D eigenvalue weighted by molar-refractivity contribution is 0.102. The second-order valence-corrected chi connectivity index (χ2v) is 5.31. The molecule has 0 bridgehead atoms. The summed E-state index contributed by atoms with van der Waals surface area (Å²) < 4.78 is 0. The van der Waals surface area contributed by atoms with Crippen molar-refractivity contribution in [1.82, 2.24) is 4.98 Å². The summed E-state index contributed by atoms with van der Waals surface area (Å²) in [6.45, 7) is 0. The highest BCUT2D eigenvalue weighted by atomic mass is 35.5. The van der Waals surface area contributed by atoms with Gasteiger partial charge in [-0.1, -0.05) is 23.2 Å². The van der Waals surface area contributed by atoms with Crippen LogP contribution in [0, 0.1) is 0 Å². The molecule has 1 aromatic carbocycles. The number of nitrogens with one attached hydrogen (secondary N) is 1. The van der Waals surface area contributed by atoms with Gasteiger partial charge in [0.25, 0.3) is 5.91 Å². The molecule has 0 aliphatic heterocycles. The van der Waals surface area contributed by atoms with E-state index in [-0.39, 0.29) is 5.91 Å². The van der Waals surface area contributed by atoms with E-state index >= 15 is 0 Å². The fourth-order valence-electron chi connectivity index (χ4n) is 1.42. The Morgan fingerprint density at radius 3 is 2.58 bits per heavy atom. The standard InChI is InChI=1S/C13H10Cl2N2OS/c1-19-12-5-3-9(7-16-12)17-13(18)8-2-4-10(14)11(15)6-8/h2-7H,1H3,(H,17,18). The van der Waals surface area contributed by atoms with Crippen LogP contribution in [0.4, 0.5) is 5.69 Å². The summed E-state index contributed by atoms with van der Waals surface area (Å²) >= 11 is 13.2. The summed E-state index contributed by atoms with van der Waals surface area (Å²) in [5.41, 5.74) is 1.08. The number of hydrogen-bond acceptors (Lipinski definition) is 3. The van der Waals surface area contributed by atoms with Crippen molar-refractivity contribution in [1.29, 1.82) is 0 Å². The Bertz CT molecular complexity index is 602. The molecule has 98 valence electrons. The van der Waals surface area contributed by atoms with Crippen LogP contribution in [-0.2, 0) is 0 Å². The summed E-state index contributed by atoms with van der Waals surface area (Å²) in [4.78, 5) is 16.2. The minimum Gasteiger partial charge on any atom is -0.321 e. The fraction of sp³-hybridized carbons (Fsp3) is 0.0769. The monoisotopic (exact) mass is 312 g/mol. The Kier molecular flexibility index (Phi) is 4.69. The molecule has 0 fully saturated rings. The van der Waals surface area contributed by atoms with Gasteiger partial charge < -0.3 is 5.32 Å². The smallest absolute Gasteiger partial charge is 0.255 e. The highest BCUT2D eigenvalue weighted by Gasteiger charge is 2.08. The van der Waals surface area contributed by atoms with E-state index in [4.69, 9.17) is 23.2 Å². The van der Waals surface area contributed by atoms with Crippen molar-refractivity contribution in [3.63, 3.8) is 0 Å². The first-order valence-corrected chi connectivity index (χ1v) is 7.34. The number of nitrogens with zero attached hydrogens (tertiary/aromatic N) is 1. The molecule has 0 aliphatic rings. The molecular weight excluding hydrogens is 303 g/mol. The van der Waals surface area contributed by atoms with E-state index < -0.39 is 0 Å². The van der Waals surface area contributed by atoms with Crippen LogP contribution >= 0.6 is 35.0 Å². The largest absolute Gasteiger partial charge is 0.321 e. The van der Waals surface area contributed by atoms with Gasteiger partial charge in [0.05, 0.1) is 27.0 Å². The molecule has 0 radical (unpaired) electrons. The SMILES string of the molecule is CSc1ccc(NC(=O)c2ccc(Cl)c(Cl)c2)cn1. The third-order valence-corrected chi connectivity index (χ3v) is 3.78. The van der Waals surface area contributed by atoms with Crippen molar-refractivity contribution < 1.29 is 4.79 Å². The molecule has 3 nitrogen and oxygen atoms in total. The summed E-state index contributed by atoms with van der Waals surface area (Å²) in [5.74, 6) is -0.253. The van der Waals surface area contributed by atoms with E-state index in [1.54, 1.807) is 36.2 Å². The van der Waals surface area contributed by atoms with Crippen LogP contribution < -0.4 is 5.32 Å². The molecule has 1 aromatic heterocycles. The van der Waals surface area contributed by atoms with E-state index in [0.717, 1.165) is 5.03 Å². The van der Waals surface area contributed by atoms with Gasteiger partial charge in [-0.25, -0.2) is 4.98 Å². The number of carbonyl (C=O) groups excluding carboxylic acids is 1. The predicted molar refractivity (Wildman–Crippen MR) is 80.4 cm³/mol. The number of hydrogen-bond donors (Lipinski definition) is 1. The number of carbonyl (C=O) groups is 1. The summed E-state index contributed by atoms with van der Waals surface area (Å²) in [6, 6.07) is 8.38. The Hall–Kier alpha value is -1.23. The second kappa shape index (κ2) is 6.28. The topological polar surface area (TPSA) is 42.0 Å². The average Bonchev–Trinajstić information content (AvgIpc) is 2.42. The van der Waals surface area contributed by atoms with Gasteiger partial charge >= 0.3 is 0 Å². The highest BCUT2D eigenvalue weighted by Crippen LogP contribution is 2.23. The zero-order valence-electron chi connectivity index (χ0n) is 9.98. The lowest BCUT2D eigenvalue weighted by Gasteiger charge is -2.06. The van der Waals surface area contributed by atoms with E-state index in [1.165, 1.54) is 6.07 Å². The first kappa shape index (κ1) is 14.2. The molecule has 1 amide bonds. The van der Waals surface area contributed by atoms with Crippen molar-refractivity contribution in [2.45, 2.75) is 5.03 Å². The van der Waals surface area contributed by atoms with Gasteiger partial charge in [-0.3, -0.25) is 4.79 Å². The number of benzene rings is 1. The van der Waals surface area contributed by atoms with Gasteiger partial charge in [-0.15, -0.1) is 11.8 Å². The van der Waals surface area contributed by atoms with E-state index in [9.17, 15) is 4.79 Å². The lowest BCUT2D eigenvalue weighted by atomic mass is 10.2. The maximum atomic E-state index is 12.0. The quantitative estimate of drug-likeness (QED) is 0.856. The third-order valence-electron chi connectivity index (χ3n) is 2.39. The normalized spacial score (nSPS) is 10.3. The van der Waals surface area contributed by atoms with Gasteiger partial charge in [0.1, 0.15) is 0 Å². The van der Waals surface area contributed by atoms with E-state index in [1.807, 2.05) is 12.3 Å². The van der Waals surface area contributed by atoms with Crippen LogP contribution in [0.2, 0.25) is 10.0 Å². The molecule has 2 aromatic rings. The van der Waals surface area contributed by atoms with Crippen LogP contribution in [0.15, 0.2) is 41.6 Å². The number of pyridine rings is 1. The summed E-state index contributed by atoms with van der Waals surface area (Å²) in [6.07, 6.45) is 3.55. The minimum atomic E-state index is -0.253. The second-order valence-electron chi connectivity index (χ2n) is 3.67. The molecule has 0 saturated carbocycles. The molecule has 6 heteroatoms. The molecular formula is C13H10Cl2N2OS. The zero-order chi connectivity index (χ0) is 13.8. The first-order chi connectivity index (χ1) is 9.10. The third kappa shape index (κ3) is 3.62. The minimum absolute atomic E-state index is 0.253. The van der Waals surface area contributed by atoms with Gasteiger partial charge in [-0.05, 0) is 36.6 Å². The number of amides is 1. The lowest BCUT2D eigenvalue weighted by Crippen LogP contribution is -2.11. The maximum Gasteiger partial charge on any atom is 0.255 e. The molecule has 0 spiro atoms. The van der Waals surface area contributed by atoms with Crippen molar-refractivity contribution in [3.05, 3.63) is 52.1 Å². The highest BCUT2D eigenvalue weighted by molar-refractivity contribution is 7.98. The van der Waals surface area contributed by atoms with Gasteiger partial charge in [0, 0.05) is 5.56 Å². The first-order valence-electron chi connectivity index (χ1n) is 5.36. The molecule has 1 N–H and O–H groups in total. The average molecular weight is 313 g/mol. The van der Waals surface area contributed by atoms with Crippen molar-refractivity contribution >= 4 is 46.6 Å². The molecule has 0 atom stereocenters. The molecule has 0 saturated heterocycles. The fourth-order valence-corrected chi connectivity index (χ4v) is 2.08. The van der Waals surface area contributed by atoms with Gasteiger partial charge in [0.2, 0.25) is 0 Å². The van der Waals surface area contributed by atoms with Crippen molar-refractivity contribution in [2.24, 2.45) is 0 Å². The Labute approximate surface area is 125 Å². The number of anilines is 1. The number of aromatic nitrogens is 1. The molecule has 0 unspecified atom stereocenters. The van der Waals surface area contributed by atoms with E-state index in [0.29, 0.717) is 21.3 Å². The van der Waals surface area contributed by atoms with Crippen LogP contribution in [-0.4, -0.2) is 17.1 Å². The molecule has 19 heavy (non-hydrogen) atoms. The van der Waals surface area contributed by atoms with Gasteiger partial charge in [-0.2, -0.15) is 0 Å². The molecule has 0 aliphatic carbocycles.